The molecule has 4 rings (SSSR count). The number of hydrogen-bond donors (Lipinski definition) is 2. The molecule has 2 aliphatic rings. The molecular formula is C16H15N3O4S. The van der Waals surface area contributed by atoms with Crippen LogP contribution in [0.5, 0.6) is 11.5 Å². The van der Waals surface area contributed by atoms with Gasteiger partial charge in [-0.3, -0.25) is 9.59 Å². The van der Waals surface area contributed by atoms with E-state index in [-0.39, 0.29) is 30.6 Å². The summed E-state index contributed by atoms with van der Waals surface area (Å²) >= 11 is 1.42. The first-order valence-corrected chi connectivity index (χ1v) is 8.60. The summed E-state index contributed by atoms with van der Waals surface area (Å²) in [7, 11) is 0. The molecule has 7 nitrogen and oxygen atoms in total. The van der Waals surface area contributed by atoms with Crippen LogP contribution in [0.4, 0.5) is 5.82 Å². The lowest BCUT2D eigenvalue weighted by Crippen LogP contribution is -2.31. The van der Waals surface area contributed by atoms with E-state index in [1.807, 2.05) is 19.1 Å². The fourth-order valence-corrected chi connectivity index (χ4v) is 3.56. The highest BCUT2D eigenvalue weighted by Crippen LogP contribution is 2.39. The largest absolute Gasteiger partial charge is 0.454 e. The van der Waals surface area contributed by atoms with Crippen LogP contribution in [0, 0.1) is 0 Å². The molecule has 0 aliphatic carbocycles. The summed E-state index contributed by atoms with van der Waals surface area (Å²) in [5.74, 6) is 1.90. The molecule has 1 aromatic heterocycles. The van der Waals surface area contributed by atoms with Crippen LogP contribution in [-0.2, 0) is 4.79 Å². The summed E-state index contributed by atoms with van der Waals surface area (Å²) < 4.78 is 10.7. The van der Waals surface area contributed by atoms with Gasteiger partial charge in [-0.25, -0.2) is 4.98 Å². The van der Waals surface area contributed by atoms with E-state index in [0.29, 0.717) is 28.0 Å². The predicted molar refractivity (Wildman–Crippen MR) is 88.9 cm³/mol. The fourth-order valence-electron chi connectivity index (χ4n) is 2.97. The number of thioether (sulfide) groups is 1. The first kappa shape index (κ1) is 15.1. The number of fused-ring (bicyclic) bond motifs is 2. The Balaban J connectivity index is 1.81. The van der Waals surface area contributed by atoms with Gasteiger partial charge in [-0.1, -0.05) is 24.8 Å². The van der Waals surface area contributed by atoms with Crippen LogP contribution in [0.2, 0.25) is 0 Å². The molecule has 3 heterocycles. The number of carbonyl (C=O) groups is 1. The summed E-state index contributed by atoms with van der Waals surface area (Å²) in [6.07, 6.45) is 0.192. The molecule has 2 aromatic rings. The van der Waals surface area contributed by atoms with Crippen LogP contribution in [0.3, 0.4) is 0 Å². The van der Waals surface area contributed by atoms with Gasteiger partial charge in [-0.15, -0.1) is 0 Å². The highest BCUT2D eigenvalue weighted by atomic mass is 32.2. The zero-order valence-electron chi connectivity index (χ0n) is 12.9. The van der Waals surface area contributed by atoms with Crippen molar-refractivity contribution in [2.75, 3.05) is 17.9 Å². The highest BCUT2D eigenvalue weighted by molar-refractivity contribution is 7.99. The number of aromatic amines is 1. The minimum atomic E-state index is -0.361. The molecule has 0 saturated carbocycles. The molecule has 0 bridgehead atoms. The summed E-state index contributed by atoms with van der Waals surface area (Å²) in [5.41, 5.74) is 1.09. The van der Waals surface area contributed by atoms with E-state index in [2.05, 4.69) is 15.3 Å². The standard InChI is InChI=1S/C16H15N3O4S/c1-2-24-16-18-14-13(15(21)19-16)9(6-12(20)17-14)8-3-4-10-11(5-8)23-7-22-10/h3-5,9H,2,6-7H2,1H3,(H2,17,18,19,20,21). The van der Waals surface area contributed by atoms with E-state index < -0.39 is 0 Å². The maximum Gasteiger partial charge on any atom is 0.257 e. The quantitative estimate of drug-likeness (QED) is 0.653. The van der Waals surface area contributed by atoms with Crippen LogP contribution in [0.15, 0.2) is 28.2 Å². The second kappa shape index (κ2) is 5.86. The third-order valence-electron chi connectivity index (χ3n) is 4.01. The summed E-state index contributed by atoms with van der Waals surface area (Å²) in [5, 5.41) is 3.22. The number of benzene rings is 1. The molecule has 2 aliphatic heterocycles. The van der Waals surface area contributed by atoms with Crippen molar-refractivity contribution in [2.45, 2.75) is 24.4 Å². The van der Waals surface area contributed by atoms with E-state index in [9.17, 15) is 9.59 Å². The van der Waals surface area contributed by atoms with Crippen molar-refractivity contribution in [1.82, 2.24) is 9.97 Å². The lowest BCUT2D eigenvalue weighted by atomic mass is 9.86. The van der Waals surface area contributed by atoms with Crippen LogP contribution in [0.1, 0.15) is 30.4 Å². The van der Waals surface area contributed by atoms with Crippen molar-refractivity contribution in [3.8, 4) is 11.5 Å². The van der Waals surface area contributed by atoms with Crippen LogP contribution in [-0.4, -0.2) is 28.4 Å². The molecule has 124 valence electrons. The number of ether oxygens (including phenoxy) is 2. The summed E-state index contributed by atoms with van der Waals surface area (Å²) in [4.78, 5) is 31.8. The molecule has 2 N–H and O–H groups in total. The maximum atomic E-state index is 12.6. The van der Waals surface area contributed by atoms with E-state index >= 15 is 0 Å². The van der Waals surface area contributed by atoms with Gasteiger partial charge in [0.05, 0.1) is 5.56 Å². The Kier molecular flexibility index (Phi) is 3.68. The van der Waals surface area contributed by atoms with Gasteiger partial charge in [0, 0.05) is 12.3 Å². The smallest absolute Gasteiger partial charge is 0.257 e. The van der Waals surface area contributed by atoms with Crippen molar-refractivity contribution in [3.05, 3.63) is 39.7 Å². The molecule has 24 heavy (non-hydrogen) atoms. The Hall–Kier alpha value is -2.48. The lowest BCUT2D eigenvalue weighted by molar-refractivity contribution is -0.116. The van der Waals surface area contributed by atoms with Crippen LogP contribution in [0.25, 0.3) is 0 Å². The molecule has 0 radical (unpaired) electrons. The third-order valence-corrected chi connectivity index (χ3v) is 4.76. The Bertz CT molecular complexity index is 880. The number of nitrogens with zero attached hydrogens (tertiary/aromatic N) is 1. The monoisotopic (exact) mass is 345 g/mol. The van der Waals surface area contributed by atoms with E-state index in [0.717, 1.165) is 11.3 Å². The number of aromatic nitrogens is 2. The van der Waals surface area contributed by atoms with Gasteiger partial charge in [0.25, 0.3) is 5.56 Å². The van der Waals surface area contributed by atoms with Crippen molar-refractivity contribution >= 4 is 23.5 Å². The number of carbonyl (C=O) groups excluding carboxylic acids is 1. The molecule has 1 aromatic carbocycles. The minimum Gasteiger partial charge on any atom is -0.454 e. The van der Waals surface area contributed by atoms with E-state index in [4.69, 9.17) is 9.47 Å². The molecule has 1 atom stereocenters. The summed E-state index contributed by atoms with van der Waals surface area (Å²) in [6.45, 7) is 2.15. The Labute approximate surface area is 141 Å². The van der Waals surface area contributed by atoms with Gasteiger partial charge in [0.15, 0.2) is 16.7 Å². The van der Waals surface area contributed by atoms with Crippen molar-refractivity contribution in [3.63, 3.8) is 0 Å². The normalized spacial score (nSPS) is 18.2. The fraction of sp³-hybridized carbons (Fsp3) is 0.312. The van der Waals surface area contributed by atoms with Gasteiger partial charge >= 0.3 is 0 Å². The Morgan fingerprint density at radius 2 is 2.12 bits per heavy atom. The SMILES string of the molecule is CCSc1nc2c(c(=O)[nH]1)C(c1ccc3c(c1)OCO3)CC(=O)N2. The minimum absolute atomic E-state index is 0.157. The number of nitrogens with one attached hydrogen (secondary N) is 2. The second-order valence-corrected chi connectivity index (χ2v) is 6.74. The van der Waals surface area contributed by atoms with Gasteiger partial charge in [0.2, 0.25) is 12.7 Å². The molecule has 0 fully saturated rings. The van der Waals surface area contributed by atoms with Crippen molar-refractivity contribution in [1.29, 1.82) is 0 Å². The van der Waals surface area contributed by atoms with Gasteiger partial charge in [-0.2, -0.15) is 0 Å². The molecular weight excluding hydrogens is 330 g/mol. The first-order chi connectivity index (χ1) is 11.7. The molecule has 1 unspecified atom stereocenters. The molecule has 1 amide bonds. The van der Waals surface area contributed by atoms with Crippen molar-refractivity contribution in [2.24, 2.45) is 0 Å². The number of anilines is 1. The zero-order chi connectivity index (χ0) is 16.7. The summed E-state index contributed by atoms with van der Waals surface area (Å²) in [6, 6.07) is 5.48. The van der Waals surface area contributed by atoms with Crippen LogP contribution < -0.4 is 20.3 Å². The van der Waals surface area contributed by atoms with Crippen molar-refractivity contribution < 1.29 is 14.3 Å². The van der Waals surface area contributed by atoms with Gasteiger partial charge < -0.3 is 19.8 Å². The number of rotatable bonds is 3. The maximum absolute atomic E-state index is 12.6. The number of H-pyrrole nitrogens is 1. The lowest BCUT2D eigenvalue weighted by Gasteiger charge is -2.24. The Morgan fingerprint density at radius 3 is 2.96 bits per heavy atom. The average molecular weight is 345 g/mol. The molecule has 8 heteroatoms. The predicted octanol–water partition coefficient (Wildman–Crippen LogP) is 2.08. The molecule has 0 saturated heterocycles. The van der Waals surface area contributed by atoms with E-state index in [1.54, 1.807) is 6.07 Å². The Morgan fingerprint density at radius 1 is 1.29 bits per heavy atom. The third kappa shape index (κ3) is 2.52. The van der Waals surface area contributed by atoms with E-state index in [1.165, 1.54) is 11.8 Å². The highest BCUT2D eigenvalue weighted by Gasteiger charge is 2.31. The number of amides is 1. The van der Waals surface area contributed by atoms with Gasteiger partial charge in [-0.05, 0) is 23.4 Å². The average Bonchev–Trinajstić information content (AvgIpc) is 3.01. The topological polar surface area (TPSA) is 93.3 Å². The first-order valence-electron chi connectivity index (χ1n) is 7.62. The number of hydrogen-bond acceptors (Lipinski definition) is 6. The molecule has 0 spiro atoms. The van der Waals surface area contributed by atoms with Crippen LogP contribution >= 0.6 is 11.8 Å². The van der Waals surface area contributed by atoms with Gasteiger partial charge in [0.1, 0.15) is 5.82 Å². The second-order valence-electron chi connectivity index (χ2n) is 5.48. The zero-order valence-corrected chi connectivity index (χ0v) is 13.7.